The molecule has 1 atom stereocenters. The number of urea groups is 1. The zero-order valence-electron chi connectivity index (χ0n) is 13.0. The second-order valence-electron chi connectivity index (χ2n) is 5.73. The molecule has 0 aromatic carbocycles. The van der Waals surface area contributed by atoms with E-state index in [-0.39, 0.29) is 12.1 Å². The van der Waals surface area contributed by atoms with Crippen LogP contribution in [0.15, 0.2) is 28.9 Å². The van der Waals surface area contributed by atoms with Gasteiger partial charge in [-0.1, -0.05) is 6.92 Å². The van der Waals surface area contributed by atoms with Crippen molar-refractivity contribution in [1.82, 2.24) is 20.4 Å². The van der Waals surface area contributed by atoms with Gasteiger partial charge in [0.05, 0.1) is 30.2 Å². The molecule has 0 unspecified atom stereocenters. The molecule has 0 aliphatic heterocycles. The van der Waals surface area contributed by atoms with Gasteiger partial charge < -0.3 is 14.6 Å². The third-order valence-electron chi connectivity index (χ3n) is 4.02. The first kappa shape index (κ1) is 14.7. The van der Waals surface area contributed by atoms with Crippen molar-refractivity contribution in [2.24, 2.45) is 0 Å². The van der Waals surface area contributed by atoms with E-state index in [2.05, 4.69) is 22.4 Å². The number of aromatic amines is 1. The van der Waals surface area contributed by atoms with Crippen molar-refractivity contribution in [2.45, 2.75) is 51.7 Å². The second-order valence-corrected chi connectivity index (χ2v) is 5.73. The summed E-state index contributed by atoms with van der Waals surface area (Å²) in [7, 11) is 0. The minimum Gasteiger partial charge on any atom is -0.467 e. The number of aromatic nitrogens is 2. The van der Waals surface area contributed by atoms with Crippen molar-refractivity contribution in [1.29, 1.82) is 0 Å². The van der Waals surface area contributed by atoms with E-state index in [0.717, 1.165) is 36.4 Å². The number of nitrogens with one attached hydrogen (secondary N) is 2. The van der Waals surface area contributed by atoms with E-state index >= 15 is 0 Å². The summed E-state index contributed by atoms with van der Waals surface area (Å²) in [6.07, 6.45) is 4.64. The lowest BCUT2D eigenvalue weighted by Crippen LogP contribution is -2.42. The molecule has 1 aliphatic rings. The maximum Gasteiger partial charge on any atom is 0.318 e. The summed E-state index contributed by atoms with van der Waals surface area (Å²) >= 11 is 0. The van der Waals surface area contributed by atoms with E-state index in [4.69, 9.17) is 4.42 Å². The van der Waals surface area contributed by atoms with Gasteiger partial charge in [0, 0.05) is 6.04 Å². The van der Waals surface area contributed by atoms with Crippen LogP contribution >= 0.6 is 0 Å². The van der Waals surface area contributed by atoms with Gasteiger partial charge >= 0.3 is 6.03 Å². The van der Waals surface area contributed by atoms with Crippen LogP contribution in [0.25, 0.3) is 0 Å². The van der Waals surface area contributed by atoms with Crippen molar-refractivity contribution < 1.29 is 9.21 Å². The fraction of sp³-hybridized carbons (Fsp3) is 0.500. The van der Waals surface area contributed by atoms with Crippen molar-refractivity contribution in [3.8, 4) is 0 Å². The molecule has 1 saturated carbocycles. The molecule has 1 fully saturated rings. The molecule has 0 saturated heterocycles. The lowest BCUT2D eigenvalue weighted by molar-refractivity contribution is 0.166. The van der Waals surface area contributed by atoms with Crippen molar-refractivity contribution >= 4 is 6.03 Å². The summed E-state index contributed by atoms with van der Waals surface area (Å²) in [5.74, 6) is 0.817. The number of aryl methyl sites for hydroxylation is 1. The van der Waals surface area contributed by atoms with Gasteiger partial charge in [0.2, 0.25) is 0 Å². The highest BCUT2D eigenvalue weighted by molar-refractivity contribution is 5.75. The van der Waals surface area contributed by atoms with E-state index < -0.39 is 0 Å². The van der Waals surface area contributed by atoms with Gasteiger partial charge in [-0.3, -0.25) is 5.10 Å². The van der Waals surface area contributed by atoms with Gasteiger partial charge in [-0.2, -0.15) is 5.10 Å². The number of H-pyrrole nitrogens is 1. The van der Waals surface area contributed by atoms with E-state index in [0.29, 0.717) is 12.6 Å². The van der Waals surface area contributed by atoms with Crippen LogP contribution in [0, 0.1) is 0 Å². The summed E-state index contributed by atoms with van der Waals surface area (Å²) in [4.78, 5) is 14.4. The Morgan fingerprint density at radius 1 is 1.59 bits per heavy atom. The van der Waals surface area contributed by atoms with E-state index in [1.807, 2.05) is 30.0 Å². The van der Waals surface area contributed by atoms with Gasteiger partial charge in [0.1, 0.15) is 5.76 Å². The average molecular weight is 302 g/mol. The first-order chi connectivity index (χ1) is 10.7. The van der Waals surface area contributed by atoms with Crippen LogP contribution in [0.2, 0.25) is 0 Å². The SMILES string of the molecule is CCc1cc(CNC(=O)N(C2CC2)[C@@H](C)c2ccco2)[nH]n1. The normalized spacial score (nSPS) is 15.5. The van der Waals surface area contributed by atoms with Crippen LogP contribution in [0.1, 0.15) is 49.9 Å². The maximum absolute atomic E-state index is 12.5. The fourth-order valence-corrected chi connectivity index (χ4v) is 2.62. The highest BCUT2D eigenvalue weighted by Gasteiger charge is 2.37. The Bertz CT molecular complexity index is 616. The number of hydrogen-bond donors (Lipinski definition) is 2. The van der Waals surface area contributed by atoms with Crippen LogP contribution in [-0.4, -0.2) is 27.2 Å². The molecule has 2 aromatic rings. The molecule has 0 bridgehead atoms. The molecular weight excluding hydrogens is 280 g/mol. The van der Waals surface area contributed by atoms with Gasteiger partial charge in [0.25, 0.3) is 0 Å². The van der Waals surface area contributed by atoms with Gasteiger partial charge in [0.15, 0.2) is 0 Å². The fourth-order valence-electron chi connectivity index (χ4n) is 2.62. The predicted molar refractivity (Wildman–Crippen MR) is 82.2 cm³/mol. The van der Waals surface area contributed by atoms with Crippen molar-refractivity contribution in [3.63, 3.8) is 0 Å². The highest BCUT2D eigenvalue weighted by atomic mass is 16.3. The molecule has 118 valence electrons. The third kappa shape index (κ3) is 3.16. The lowest BCUT2D eigenvalue weighted by Gasteiger charge is -2.28. The lowest BCUT2D eigenvalue weighted by atomic mass is 10.2. The number of hydrogen-bond acceptors (Lipinski definition) is 3. The Balaban J connectivity index is 1.63. The Morgan fingerprint density at radius 2 is 2.41 bits per heavy atom. The van der Waals surface area contributed by atoms with Gasteiger partial charge in [-0.15, -0.1) is 0 Å². The Kier molecular flexibility index (Phi) is 4.18. The van der Waals surface area contributed by atoms with Crippen molar-refractivity contribution in [2.75, 3.05) is 0 Å². The summed E-state index contributed by atoms with van der Waals surface area (Å²) in [5, 5.41) is 10.1. The van der Waals surface area contributed by atoms with E-state index in [1.165, 1.54) is 0 Å². The first-order valence-electron chi connectivity index (χ1n) is 7.81. The molecule has 2 N–H and O–H groups in total. The third-order valence-corrected chi connectivity index (χ3v) is 4.02. The number of amides is 2. The van der Waals surface area contributed by atoms with Crippen LogP contribution in [0.5, 0.6) is 0 Å². The maximum atomic E-state index is 12.5. The zero-order chi connectivity index (χ0) is 15.5. The summed E-state index contributed by atoms with van der Waals surface area (Å²) in [6.45, 7) is 4.51. The van der Waals surface area contributed by atoms with Gasteiger partial charge in [-0.25, -0.2) is 4.79 Å². The van der Waals surface area contributed by atoms with Crippen molar-refractivity contribution in [3.05, 3.63) is 41.6 Å². The Morgan fingerprint density at radius 3 is 3.00 bits per heavy atom. The topological polar surface area (TPSA) is 74.2 Å². The number of carbonyl (C=O) groups excluding carboxylic acids is 1. The van der Waals surface area contributed by atoms with Gasteiger partial charge in [-0.05, 0) is 44.4 Å². The van der Waals surface area contributed by atoms with Crippen LogP contribution < -0.4 is 5.32 Å². The molecule has 0 spiro atoms. The summed E-state index contributed by atoms with van der Waals surface area (Å²) in [6, 6.07) is 5.95. The molecule has 2 heterocycles. The number of carbonyl (C=O) groups is 1. The molecule has 6 nitrogen and oxygen atoms in total. The molecule has 22 heavy (non-hydrogen) atoms. The van der Waals surface area contributed by atoms with Crippen LogP contribution in [-0.2, 0) is 13.0 Å². The molecule has 2 amide bonds. The quantitative estimate of drug-likeness (QED) is 0.861. The van der Waals surface area contributed by atoms with Crippen LogP contribution in [0.4, 0.5) is 4.79 Å². The zero-order valence-corrected chi connectivity index (χ0v) is 13.0. The van der Waals surface area contributed by atoms with E-state index in [9.17, 15) is 4.79 Å². The standard InChI is InChI=1S/C16H22N4O2/c1-3-12-9-13(19-18-12)10-17-16(21)20(14-6-7-14)11(2)15-5-4-8-22-15/h4-5,8-9,11,14H,3,6-7,10H2,1-2H3,(H,17,21)(H,18,19)/t11-/m0/s1. The highest BCUT2D eigenvalue weighted by Crippen LogP contribution is 2.34. The predicted octanol–water partition coefficient (Wildman–Crippen LogP) is 3.00. The number of rotatable bonds is 6. The summed E-state index contributed by atoms with van der Waals surface area (Å²) in [5.41, 5.74) is 1.93. The summed E-state index contributed by atoms with van der Waals surface area (Å²) < 4.78 is 5.45. The molecule has 6 heteroatoms. The Hall–Kier alpha value is -2.24. The number of nitrogens with zero attached hydrogens (tertiary/aromatic N) is 2. The average Bonchev–Trinajstić information content (AvgIpc) is 3.05. The molecular formula is C16H22N4O2. The minimum atomic E-state index is -0.0598. The monoisotopic (exact) mass is 302 g/mol. The molecule has 0 radical (unpaired) electrons. The minimum absolute atomic E-state index is 0.0564. The Labute approximate surface area is 129 Å². The first-order valence-corrected chi connectivity index (χ1v) is 7.81. The van der Waals surface area contributed by atoms with E-state index in [1.54, 1.807) is 6.26 Å². The largest absolute Gasteiger partial charge is 0.467 e. The second kappa shape index (κ2) is 6.25. The number of furan rings is 1. The molecule has 3 rings (SSSR count). The smallest absolute Gasteiger partial charge is 0.318 e. The molecule has 1 aliphatic carbocycles. The van der Waals surface area contributed by atoms with Crippen LogP contribution in [0.3, 0.4) is 0 Å². The molecule has 2 aromatic heterocycles.